The van der Waals surface area contributed by atoms with Crippen LogP contribution in [0, 0.1) is 11.8 Å². The van der Waals surface area contributed by atoms with E-state index in [9.17, 15) is 4.79 Å². The standard InChI is InChI=1S/C14H19BrN2OS.ClH/c1-8(6-16)14(18)17-13-9(2)7-19-12-4-3-10(15)5-11(12)13;/h3-5,8-9,13H,6-7,16H2,1-2H3,(H,17,18);1H. The molecule has 1 amide bonds. The molecule has 112 valence electrons. The lowest BCUT2D eigenvalue weighted by Gasteiger charge is -2.32. The molecule has 1 aliphatic rings. The van der Waals surface area contributed by atoms with Crippen LogP contribution in [0.3, 0.4) is 0 Å². The topological polar surface area (TPSA) is 55.1 Å². The summed E-state index contributed by atoms with van der Waals surface area (Å²) >= 11 is 5.36. The summed E-state index contributed by atoms with van der Waals surface area (Å²) in [4.78, 5) is 13.3. The van der Waals surface area contributed by atoms with Gasteiger partial charge in [0.2, 0.25) is 5.91 Å². The van der Waals surface area contributed by atoms with Crippen LogP contribution in [-0.2, 0) is 4.79 Å². The minimum atomic E-state index is -0.141. The first-order valence-corrected chi connectivity index (χ1v) is 8.23. The van der Waals surface area contributed by atoms with E-state index < -0.39 is 0 Å². The Balaban J connectivity index is 0.00000200. The first-order chi connectivity index (χ1) is 9.02. The lowest BCUT2D eigenvalue weighted by molar-refractivity contribution is -0.125. The highest BCUT2D eigenvalue weighted by Crippen LogP contribution is 2.40. The Hall–Kier alpha value is -0.230. The van der Waals surface area contributed by atoms with Crippen molar-refractivity contribution in [1.29, 1.82) is 0 Å². The van der Waals surface area contributed by atoms with E-state index in [0.717, 1.165) is 10.2 Å². The van der Waals surface area contributed by atoms with E-state index in [1.165, 1.54) is 10.5 Å². The van der Waals surface area contributed by atoms with Crippen molar-refractivity contribution in [2.45, 2.75) is 24.8 Å². The average molecular weight is 380 g/mol. The summed E-state index contributed by atoms with van der Waals surface area (Å²) in [6.07, 6.45) is 0. The molecule has 0 bridgehead atoms. The molecule has 1 aliphatic heterocycles. The van der Waals surface area contributed by atoms with Crippen molar-refractivity contribution >= 4 is 46.0 Å². The predicted molar refractivity (Wildman–Crippen MR) is 90.4 cm³/mol. The zero-order valence-corrected chi connectivity index (χ0v) is 14.8. The number of thioether (sulfide) groups is 1. The minimum Gasteiger partial charge on any atom is -0.349 e. The summed E-state index contributed by atoms with van der Waals surface area (Å²) in [5.41, 5.74) is 6.76. The molecule has 0 saturated carbocycles. The van der Waals surface area contributed by atoms with Gasteiger partial charge in [-0.05, 0) is 29.7 Å². The van der Waals surface area contributed by atoms with Gasteiger partial charge in [-0.3, -0.25) is 4.79 Å². The van der Waals surface area contributed by atoms with Gasteiger partial charge in [0.05, 0.1) is 6.04 Å². The molecule has 2 rings (SSSR count). The van der Waals surface area contributed by atoms with Gasteiger partial charge in [0, 0.05) is 27.6 Å². The van der Waals surface area contributed by atoms with Gasteiger partial charge < -0.3 is 11.1 Å². The van der Waals surface area contributed by atoms with Gasteiger partial charge in [0.15, 0.2) is 0 Å². The third kappa shape index (κ3) is 3.91. The van der Waals surface area contributed by atoms with Crippen molar-refractivity contribution in [2.75, 3.05) is 12.3 Å². The second kappa shape index (κ2) is 7.69. The van der Waals surface area contributed by atoms with Gasteiger partial charge in [-0.15, -0.1) is 24.2 Å². The fourth-order valence-electron chi connectivity index (χ4n) is 2.14. The van der Waals surface area contributed by atoms with E-state index in [2.05, 4.69) is 40.3 Å². The molecule has 0 fully saturated rings. The van der Waals surface area contributed by atoms with Crippen LogP contribution < -0.4 is 11.1 Å². The molecular formula is C14H20BrClN2OS. The SMILES string of the molecule is CC(CN)C(=O)NC1c2cc(Br)ccc2SCC1C.Cl. The molecule has 3 nitrogen and oxygen atoms in total. The maximum Gasteiger partial charge on any atom is 0.224 e. The van der Waals surface area contributed by atoms with Crippen molar-refractivity contribution in [2.24, 2.45) is 17.6 Å². The predicted octanol–water partition coefficient (Wildman–Crippen LogP) is 3.36. The lowest BCUT2D eigenvalue weighted by Crippen LogP contribution is -2.40. The second-order valence-electron chi connectivity index (χ2n) is 5.09. The van der Waals surface area contributed by atoms with Crippen molar-refractivity contribution in [3.8, 4) is 0 Å². The fraction of sp³-hybridized carbons (Fsp3) is 0.500. The van der Waals surface area contributed by atoms with Gasteiger partial charge in [-0.1, -0.05) is 29.8 Å². The molecule has 3 unspecified atom stereocenters. The summed E-state index contributed by atoms with van der Waals surface area (Å²) in [5, 5.41) is 3.15. The Kier molecular flexibility index (Phi) is 6.85. The molecular weight excluding hydrogens is 360 g/mol. The highest BCUT2D eigenvalue weighted by molar-refractivity contribution is 9.10. The van der Waals surface area contributed by atoms with E-state index >= 15 is 0 Å². The fourth-order valence-corrected chi connectivity index (χ4v) is 3.67. The average Bonchev–Trinajstić information content (AvgIpc) is 2.41. The van der Waals surface area contributed by atoms with Crippen LogP contribution in [0.4, 0.5) is 0 Å². The molecule has 3 atom stereocenters. The number of amides is 1. The first-order valence-electron chi connectivity index (χ1n) is 6.45. The number of carbonyl (C=O) groups is 1. The van der Waals surface area contributed by atoms with Crippen LogP contribution in [0.5, 0.6) is 0 Å². The molecule has 1 heterocycles. The van der Waals surface area contributed by atoms with Crippen LogP contribution in [0.1, 0.15) is 25.5 Å². The van der Waals surface area contributed by atoms with E-state index in [0.29, 0.717) is 12.5 Å². The summed E-state index contributed by atoms with van der Waals surface area (Å²) in [5.74, 6) is 1.34. The third-order valence-corrected chi connectivity index (χ3v) is 5.35. The molecule has 3 N–H and O–H groups in total. The molecule has 1 aromatic carbocycles. The number of nitrogens with two attached hydrogens (primary N) is 1. The lowest BCUT2D eigenvalue weighted by atomic mass is 9.94. The number of rotatable bonds is 3. The largest absolute Gasteiger partial charge is 0.349 e. The van der Waals surface area contributed by atoms with Crippen molar-refractivity contribution in [3.63, 3.8) is 0 Å². The smallest absolute Gasteiger partial charge is 0.224 e. The highest BCUT2D eigenvalue weighted by Gasteiger charge is 2.29. The zero-order chi connectivity index (χ0) is 14.0. The number of nitrogens with one attached hydrogen (secondary N) is 1. The Morgan fingerprint density at radius 3 is 2.95 bits per heavy atom. The molecule has 20 heavy (non-hydrogen) atoms. The number of hydrogen-bond donors (Lipinski definition) is 2. The monoisotopic (exact) mass is 378 g/mol. The Morgan fingerprint density at radius 1 is 1.60 bits per heavy atom. The van der Waals surface area contributed by atoms with Gasteiger partial charge in [-0.2, -0.15) is 0 Å². The summed E-state index contributed by atoms with van der Waals surface area (Å²) in [6, 6.07) is 6.34. The van der Waals surface area contributed by atoms with Gasteiger partial charge in [0.25, 0.3) is 0 Å². The van der Waals surface area contributed by atoms with Gasteiger partial charge in [-0.25, -0.2) is 0 Å². The van der Waals surface area contributed by atoms with Crippen molar-refractivity contribution < 1.29 is 4.79 Å². The normalized spacial score (nSPS) is 22.4. The number of benzene rings is 1. The molecule has 6 heteroatoms. The summed E-state index contributed by atoms with van der Waals surface area (Å²) in [6.45, 7) is 4.42. The molecule has 0 aromatic heterocycles. The molecule has 0 saturated heterocycles. The Morgan fingerprint density at radius 2 is 2.30 bits per heavy atom. The maximum atomic E-state index is 12.1. The zero-order valence-electron chi connectivity index (χ0n) is 11.6. The quantitative estimate of drug-likeness (QED) is 0.846. The Bertz CT molecular complexity index is 486. The number of fused-ring (bicyclic) bond motifs is 1. The number of halogens is 2. The molecule has 1 aromatic rings. The maximum absolute atomic E-state index is 12.1. The third-order valence-electron chi connectivity index (χ3n) is 3.48. The first kappa shape index (κ1) is 17.8. The van der Waals surface area contributed by atoms with Crippen LogP contribution in [-0.4, -0.2) is 18.2 Å². The van der Waals surface area contributed by atoms with E-state index in [4.69, 9.17) is 5.73 Å². The van der Waals surface area contributed by atoms with Crippen molar-refractivity contribution in [1.82, 2.24) is 5.32 Å². The number of carbonyl (C=O) groups excluding carboxylic acids is 1. The van der Waals surface area contributed by atoms with E-state index in [1.807, 2.05) is 24.8 Å². The highest BCUT2D eigenvalue weighted by atomic mass is 79.9. The van der Waals surface area contributed by atoms with Crippen LogP contribution in [0.2, 0.25) is 0 Å². The van der Waals surface area contributed by atoms with E-state index in [1.54, 1.807) is 0 Å². The second-order valence-corrected chi connectivity index (χ2v) is 7.07. The minimum absolute atomic E-state index is 0. The molecule has 0 aliphatic carbocycles. The van der Waals surface area contributed by atoms with Crippen LogP contribution in [0.15, 0.2) is 27.6 Å². The summed E-state index contributed by atoms with van der Waals surface area (Å²) in [7, 11) is 0. The summed E-state index contributed by atoms with van der Waals surface area (Å²) < 4.78 is 1.05. The van der Waals surface area contributed by atoms with Gasteiger partial charge >= 0.3 is 0 Å². The van der Waals surface area contributed by atoms with Gasteiger partial charge in [0.1, 0.15) is 0 Å². The Labute approximate surface area is 139 Å². The number of hydrogen-bond acceptors (Lipinski definition) is 3. The van der Waals surface area contributed by atoms with Crippen LogP contribution >= 0.6 is 40.1 Å². The molecule has 0 radical (unpaired) electrons. The molecule has 0 spiro atoms. The van der Waals surface area contributed by atoms with Crippen molar-refractivity contribution in [3.05, 3.63) is 28.2 Å². The van der Waals surface area contributed by atoms with Crippen LogP contribution in [0.25, 0.3) is 0 Å². The van der Waals surface area contributed by atoms with E-state index in [-0.39, 0.29) is 30.3 Å².